The second-order valence-corrected chi connectivity index (χ2v) is 4.77. The molecule has 21 heavy (non-hydrogen) atoms. The van der Waals surface area contributed by atoms with Crippen molar-refractivity contribution in [2.75, 3.05) is 0 Å². The largest absolute Gasteiger partial charge is 0.294 e. The van der Waals surface area contributed by atoms with Crippen LogP contribution in [-0.2, 0) is 11.0 Å². The van der Waals surface area contributed by atoms with Crippen molar-refractivity contribution in [1.82, 2.24) is 5.48 Å². The molecule has 1 amide bonds. The summed E-state index contributed by atoms with van der Waals surface area (Å²) < 4.78 is 4.49. The SMILES string of the molecule is O=C(CCc1ccc(C(=O)NOP)cc1)c1ccccc1. The predicted molar refractivity (Wildman–Crippen MR) is 83.8 cm³/mol. The molecule has 1 atom stereocenters. The first-order valence-electron chi connectivity index (χ1n) is 6.54. The Morgan fingerprint density at radius 2 is 1.62 bits per heavy atom. The first-order valence-corrected chi connectivity index (χ1v) is 7.01. The highest BCUT2D eigenvalue weighted by Gasteiger charge is 2.07. The number of aryl methyl sites for hydroxylation is 1. The molecular weight excluding hydrogens is 285 g/mol. The number of benzene rings is 2. The molecule has 1 unspecified atom stereocenters. The van der Waals surface area contributed by atoms with E-state index in [4.69, 9.17) is 0 Å². The van der Waals surface area contributed by atoms with E-state index < -0.39 is 0 Å². The van der Waals surface area contributed by atoms with Crippen molar-refractivity contribution in [2.45, 2.75) is 12.8 Å². The van der Waals surface area contributed by atoms with Gasteiger partial charge in [-0.1, -0.05) is 42.5 Å². The third kappa shape index (κ3) is 4.48. The highest BCUT2D eigenvalue weighted by Crippen LogP contribution is 2.10. The van der Waals surface area contributed by atoms with Crippen LogP contribution in [0.5, 0.6) is 0 Å². The van der Waals surface area contributed by atoms with Gasteiger partial charge in [0.05, 0.1) is 0 Å². The summed E-state index contributed by atoms with van der Waals surface area (Å²) in [7, 11) is 1.95. The van der Waals surface area contributed by atoms with Gasteiger partial charge in [0.2, 0.25) is 0 Å². The molecule has 1 N–H and O–H groups in total. The minimum Gasteiger partial charge on any atom is -0.294 e. The van der Waals surface area contributed by atoms with E-state index in [0.29, 0.717) is 18.4 Å². The Bertz CT molecular complexity index is 611. The summed E-state index contributed by atoms with van der Waals surface area (Å²) in [6, 6.07) is 16.3. The van der Waals surface area contributed by atoms with Crippen LogP contribution in [0.15, 0.2) is 54.6 Å². The lowest BCUT2D eigenvalue weighted by molar-refractivity contribution is 0.0795. The van der Waals surface area contributed by atoms with Crippen molar-refractivity contribution in [2.24, 2.45) is 0 Å². The first kappa shape index (κ1) is 15.4. The van der Waals surface area contributed by atoms with Gasteiger partial charge in [-0.05, 0) is 24.1 Å². The number of ketones is 1. The maximum Gasteiger partial charge on any atom is 0.275 e. The van der Waals surface area contributed by atoms with E-state index in [2.05, 4.69) is 10.1 Å². The Morgan fingerprint density at radius 3 is 2.24 bits per heavy atom. The van der Waals surface area contributed by atoms with Gasteiger partial charge in [-0.15, -0.1) is 0 Å². The molecule has 0 aliphatic rings. The van der Waals surface area contributed by atoms with Crippen molar-refractivity contribution in [3.63, 3.8) is 0 Å². The van der Waals surface area contributed by atoms with Crippen molar-refractivity contribution in [3.8, 4) is 0 Å². The van der Waals surface area contributed by atoms with Crippen LogP contribution in [0.1, 0.15) is 32.7 Å². The third-order valence-electron chi connectivity index (χ3n) is 3.10. The summed E-state index contributed by atoms with van der Waals surface area (Å²) in [6.45, 7) is 0. The molecule has 2 aromatic rings. The standard InChI is InChI=1S/C16H16NO3P/c18-15(13-4-2-1-3-5-13)11-8-12-6-9-14(10-7-12)16(19)17-20-21/h1-7,9-10H,8,11,21H2,(H,17,19). The molecule has 0 spiro atoms. The summed E-state index contributed by atoms with van der Waals surface area (Å²) in [6.07, 6.45) is 1.10. The summed E-state index contributed by atoms with van der Waals surface area (Å²) in [5.74, 6) is -0.189. The summed E-state index contributed by atoms with van der Waals surface area (Å²) in [4.78, 5) is 23.5. The maximum atomic E-state index is 12.0. The van der Waals surface area contributed by atoms with Crippen molar-refractivity contribution < 1.29 is 14.2 Å². The van der Waals surface area contributed by atoms with E-state index in [1.54, 1.807) is 12.1 Å². The molecule has 0 aliphatic carbocycles. The van der Waals surface area contributed by atoms with Crippen LogP contribution in [0, 0.1) is 0 Å². The topological polar surface area (TPSA) is 55.4 Å². The van der Waals surface area contributed by atoms with Gasteiger partial charge in [0.25, 0.3) is 5.91 Å². The quantitative estimate of drug-likeness (QED) is 0.507. The van der Waals surface area contributed by atoms with Gasteiger partial charge in [-0.3, -0.25) is 14.2 Å². The van der Waals surface area contributed by atoms with Gasteiger partial charge in [-0.25, -0.2) is 5.48 Å². The second-order valence-electron chi connectivity index (χ2n) is 4.54. The highest BCUT2D eigenvalue weighted by atomic mass is 31.0. The van der Waals surface area contributed by atoms with Crippen molar-refractivity contribution >= 4 is 21.2 Å². The normalized spacial score (nSPS) is 10.1. The molecule has 0 saturated carbocycles. The van der Waals surface area contributed by atoms with Gasteiger partial charge in [0.1, 0.15) is 0 Å². The fourth-order valence-corrected chi connectivity index (χ4v) is 2.07. The molecule has 0 aliphatic heterocycles. The molecule has 0 bridgehead atoms. The van der Waals surface area contributed by atoms with Crippen LogP contribution >= 0.6 is 9.47 Å². The second kappa shape index (κ2) is 7.67. The van der Waals surface area contributed by atoms with E-state index in [1.165, 1.54) is 0 Å². The minimum atomic E-state index is -0.308. The number of Topliss-reactive ketones (excluding diaryl/α,β-unsaturated/α-hetero) is 1. The van der Waals surface area contributed by atoms with Gasteiger partial charge in [0, 0.05) is 27.0 Å². The lowest BCUT2D eigenvalue weighted by Gasteiger charge is -2.04. The van der Waals surface area contributed by atoms with Gasteiger partial charge in [0.15, 0.2) is 5.78 Å². The monoisotopic (exact) mass is 301 g/mol. The number of carbonyl (C=O) groups is 2. The average molecular weight is 301 g/mol. The number of amides is 1. The molecule has 0 saturated heterocycles. The Hall–Kier alpha value is -2.03. The molecule has 4 nitrogen and oxygen atoms in total. The fourth-order valence-electron chi connectivity index (χ4n) is 1.96. The fraction of sp³-hybridized carbons (Fsp3) is 0.125. The van der Waals surface area contributed by atoms with Crippen LogP contribution < -0.4 is 5.48 Å². The molecule has 2 aromatic carbocycles. The zero-order chi connectivity index (χ0) is 15.1. The van der Waals surface area contributed by atoms with Gasteiger partial charge >= 0.3 is 0 Å². The van der Waals surface area contributed by atoms with Crippen LogP contribution in [0.4, 0.5) is 0 Å². The Kier molecular flexibility index (Phi) is 5.61. The highest BCUT2D eigenvalue weighted by molar-refractivity contribution is 7.09. The summed E-state index contributed by atoms with van der Waals surface area (Å²) >= 11 is 0. The van der Waals surface area contributed by atoms with E-state index in [-0.39, 0.29) is 11.7 Å². The van der Waals surface area contributed by atoms with Crippen molar-refractivity contribution in [3.05, 3.63) is 71.3 Å². The summed E-state index contributed by atoms with van der Waals surface area (Å²) in [5.41, 5.74) is 4.48. The van der Waals surface area contributed by atoms with Gasteiger partial charge in [-0.2, -0.15) is 0 Å². The molecule has 0 radical (unpaired) electrons. The number of carbonyl (C=O) groups excluding carboxylic acids is 2. The minimum absolute atomic E-state index is 0.119. The lowest BCUT2D eigenvalue weighted by atomic mass is 10.0. The van der Waals surface area contributed by atoms with E-state index in [1.807, 2.05) is 51.9 Å². The molecule has 0 fully saturated rings. The third-order valence-corrected chi connectivity index (χ3v) is 3.22. The molecule has 0 heterocycles. The zero-order valence-electron chi connectivity index (χ0n) is 11.4. The van der Waals surface area contributed by atoms with E-state index >= 15 is 0 Å². The Labute approximate surface area is 125 Å². The van der Waals surface area contributed by atoms with Crippen LogP contribution in [-0.4, -0.2) is 11.7 Å². The van der Waals surface area contributed by atoms with Crippen LogP contribution in [0.2, 0.25) is 0 Å². The first-order chi connectivity index (χ1) is 10.2. The van der Waals surface area contributed by atoms with Crippen LogP contribution in [0.3, 0.4) is 0 Å². The predicted octanol–water partition coefficient (Wildman–Crippen LogP) is 2.95. The zero-order valence-corrected chi connectivity index (χ0v) is 12.6. The number of hydrogen-bond acceptors (Lipinski definition) is 3. The molecule has 0 aromatic heterocycles. The van der Waals surface area contributed by atoms with E-state index in [9.17, 15) is 9.59 Å². The summed E-state index contributed by atoms with van der Waals surface area (Å²) in [5, 5.41) is 0. The lowest BCUT2D eigenvalue weighted by Crippen LogP contribution is -2.19. The maximum absolute atomic E-state index is 12.0. The molecule has 108 valence electrons. The number of nitrogens with one attached hydrogen (secondary N) is 1. The van der Waals surface area contributed by atoms with Crippen LogP contribution in [0.25, 0.3) is 0 Å². The molecule has 2 rings (SSSR count). The number of hydroxylamine groups is 1. The van der Waals surface area contributed by atoms with Gasteiger partial charge < -0.3 is 0 Å². The molecule has 5 heteroatoms. The molecular formula is C16H16NO3P. The average Bonchev–Trinajstić information content (AvgIpc) is 2.54. The van der Waals surface area contributed by atoms with E-state index in [0.717, 1.165) is 11.1 Å². The Balaban J connectivity index is 1.92. The number of hydrogen-bond donors (Lipinski definition) is 1. The van der Waals surface area contributed by atoms with Crippen molar-refractivity contribution in [1.29, 1.82) is 0 Å². The number of rotatable bonds is 6. The Morgan fingerprint density at radius 1 is 0.952 bits per heavy atom. The smallest absolute Gasteiger partial charge is 0.275 e.